The summed E-state index contributed by atoms with van der Waals surface area (Å²) in [6, 6.07) is 7.80. The van der Waals surface area contributed by atoms with Gasteiger partial charge in [0.2, 0.25) is 0 Å². The molecule has 1 aromatic heterocycles. The summed E-state index contributed by atoms with van der Waals surface area (Å²) in [6.07, 6.45) is 12.2. The van der Waals surface area contributed by atoms with E-state index in [1.807, 2.05) is 24.3 Å². The fourth-order valence-electron chi connectivity index (χ4n) is 3.33. The maximum atomic E-state index is 12.2. The van der Waals surface area contributed by atoms with Gasteiger partial charge in [-0.15, -0.1) is 0 Å². The van der Waals surface area contributed by atoms with Crippen molar-refractivity contribution >= 4 is 11.7 Å². The topological polar surface area (TPSA) is 76.1 Å². The largest absolute Gasteiger partial charge is 0.496 e. The van der Waals surface area contributed by atoms with Crippen LogP contribution in [0.5, 0.6) is 5.75 Å². The number of hydrogen-bond acceptors (Lipinski definition) is 5. The molecule has 148 valence electrons. The molecule has 0 spiro atoms. The number of anilines is 1. The van der Waals surface area contributed by atoms with Gasteiger partial charge in [0, 0.05) is 13.1 Å². The van der Waals surface area contributed by atoms with Crippen LogP contribution in [0.2, 0.25) is 0 Å². The molecule has 0 unspecified atom stereocenters. The van der Waals surface area contributed by atoms with E-state index < -0.39 is 0 Å². The van der Waals surface area contributed by atoms with Gasteiger partial charge >= 0.3 is 0 Å². The highest BCUT2D eigenvalue weighted by Crippen LogP contribution is 2.20. The second kappa shape index (κ2) is 10.4. The minimum atomic E-state index is -0.221. The molecule has 1 heterocycles. The number of benzene rings is 1. The van der Waals surface area contributed by atoms with Crippen molar-refractivity contribution in [3.63, 3.8) is 0 Å². The Labute approximate surface area is 166 Å². The highest BCUT2D eigenvalue weighted by Gasteiger charge is 2.09. The third-order valence-electron chi connectivity index (χ3n) is 4.89. The van der Waals surface area contributed by atoms with Crippen LogP contribution in [-0.2, 0) is 6.42 Å². The number of methoxy groups -OCH3 is 1. The Morgan fingerprint density at radius 1 is 1.11 bits per heavy atom. The van der Waals surface area contributed by atoms with Crippen molar-refractivity contribution in [2.75, 3.05) is 25.5 Å². The van der Waals surface area contributed by atoms with E-state index in [1.165, 1.54) is 37.5 Å². The first-order chi connectivity index (χ1) is 13.8. The number of ether oxygens (including phenoxy) is 1. The molecule has 1 amide bonds. The third-order valence-corrected chi connectivity index (χ3v) is 4.89. The molecule has 2 N–H and O–H groups in total. The molecule has 0 aliphatic heterocycles. The normalized spacial score (nSPS) is 13.5. The van der Waals surface area contributed by atoms with Gasteiger partial charge in [0.25, 0.3) is 5.91 Å². The molecular weight excluding hydrogens is 352 g/mol. The summed E-state index contributed by atoms with van der Waals surface area (Å²) in [5.41, 5.74) is 2.90. The summed E-state index contributed by atoms with van der Waals surface area (Å²) < 4.78 is 5.33. The second-order valence-corrected chi connectivity index (χ2v) is 6.89. The number of rotatable bonds is 9. The van der Waals surface area contributed by atoms with Gasteiger partial charge in [0.05, 0.1) is 19.5 Å². The molecule has 6 nitrogen and oxygen atoms in total. The second-order valence-electron chi connectivity index (χ2n) is 6.89. The smallest absolute Gasteiger partial charge is 0.271 e. The van der Waals surface area contributed by atoms with Gasteiger partial charge in [0.15, 0.2) is 0 Å². The Hall–Kier alpha value is -2.89. The van der Waals surface area contributed by atoms with Crippen molar-refractivity contribution in [1.29, 1.82) is 0 Å². The van der Waals surface area contributed by atoms with E-state index in [0.29, 0.717) is 24.5 Å². The number of hydrogen-bond donors (Lipinski definition) is 2. The van der Waals surface area contributed by atoms with Gasteiger partial charge in [-0.3, -0.25) is 4.79 Å². The Morgan fingerprint density at radius 2 is 2.00 bits per heavy atom. The van der Waals surface area contributed by atoms with E-state index in [0.717, 1.165) is 24.3 Å². The molecule has 0 saturated carbocycles. The van der Waals surface area contributed by atoms with Crippen LogP contribution in [0.4, 0.5) is 5.82 Å². The molecule has 28 heavy (non-hydrogen) atoms. The van der Waals surface area contributed by atoms with Crippen LogP contribution in [0.15, 0.2) is 48.3 Å². The van der Waals surface area contributed by atoms with E-state index in [9.17, 15) is 4.79 Å². The summed E-state index contributed by atoms with van der Waals surface area (Å²) in [7, 11) is 1.65. The first-order valence-electron chi connectivity index (χ1n) is 9.90. The Bertz CT molecular complexity index is 802. The summed E-state index contributed by atoms with van der Waals surface area (Å²) >= 11 is 0. The monoisotopic (exact) mass is 380 g/mol. The highest BCUT2D eigenvalue weighted by atomic mass is 16.5. The van der Waals surface area contributed by atoms with Crippen LogP contribution in [0.1, 0.15) is 48.2 Å². The molecule has 0 bridgehead atoms. The van der Waals surface area contributed by atoms with E-state index in [4.69, 9.17) is 4.74 Å². The Balaban J connectivity index is 1.42. The van der Waals surface area contributed by atoms with Gasteiger partial charge in [0.1, 0.15) is 17.3 Å². The van der Waals surface area contributed by atoms with Crippen LogP contribution in [-0.4, -0.2) is 36.1 Å². The lowest BCUT2D eigenvalue weighted by Gasteiger charge is -2.13. The van der Waals surface area contributed by atoms with Gasteiger partial charge in [-0.1, -0.05) is 29.8 Å². The number of nitrogens with one attached hydrogen (secondary N) is 2. The SMILES string of the molecule is COc1ccccc1CCNC(=O)c1cnc(NCCC2=CCCCC2)cn1. The van der Waals surface area contributed by atoms with Gasteiger partial charge in [-0.05, 0) is 50.2 Å². The van der Waals surface area contributed by atoms with E-state index in [2.05, 4.69) is 26.7 Å². The quantitative estimate of drug-likeness (QED) is 0.648. The van der Waals surface area contributed by atoms with Crippen LogP contribution < -0.4 is 15.4 Å². The zero-order valence-corrected chi connectivity index (χ0v) is 16.4. The van der Waals surface area contributed by atoms with Crippen LogP contribution in [0.3, 0.4) is 0 Å². The minimum absolute atomic E-state index is 0.221. The lowest BCUT2D eigenvalue weighted by molar-refractivity contribution is 0.0948. The van der Waals surface area contributed by atoms with Crippen molar-refractivity contribution in [2.24, 2.45) is 0 Å². The average Bonchev–Trinajstić information content (AvgIpc) is 2.75. The number of allylic oxidation sites excluding steroid dienone is 1. The van der Waals surface area contributed by atoms with Gasteiger partial charge in [-0.2, -0.15) is 0 Å². The third kappa shape index (κ3) is 5.81. The first-order valence-corrected chi connectivity index (χ1v) is 9.90. The predicted molar refractivity (Wildman–Crippen MR) is 111 cm³/mol. The molecule has 2 aromatic rings. The maximum Gasteiger partial charge on any atom is 0.271 e. The van der Waals surface area contributed by atoms with E-state index in [1.54, 1.807) is 13.3 Å². The lowest BCUT2D eigenvalue weighted by atomic mass is 9.97. The molecule has 1 aromatic carbocycles. The highest BCUT2D eigenvalue weighted by molar-refractivity contribution is 5.92. The zero-order valence-electron chi connectivity index (χ0n) is 16.4. The number of amides is 1. The molecule has 1 aliphatic rings. The van der Waals surface area contributed by atoms with Gasteiger partial charge in [-0.25, -0.2) is 9.97 Å². The number of carbonyl (C=O) groups is 1. The average molecular weight is 380 g/mol. The summed E-state index contributed by atoms with van der Waals surface area (Å²) in [5.74, 6) is 1.30. The summed E-state index contributed by atoms with van der Waals surface area (Å²) in [4.78, 5) is 20.8. The van der Waals surface area contributed by atoms with Gasteiger partial charge < -0.3 is 15.4 Å². The summed E-state index contributed by atoms with van der Waals surface area (Å²) in [5, 5.41) is 6.15. The molecule has 0 radical (unpaired) electrons. The molecule has 3 rings (SSSR count). The molecule has 0 fully saturated rings. The predicted octanol–water partition coefficient (Wildman–Crippen LogP) is 3.76. The van der Waals surface area contributed by atoms with Crippen molar-refractivity contribution in [3.05, 3.63) is 59.6 Å². The number of nitrogens with zero attached hydrogens (tertiary/aromatic N) is 2. The molecule has 6 heteroatoms. The number of aromatic nitrogens is 2. The summed E-state index contributed by atoms with van der Waals surface area (Å²) in [6.45, 7) is 1.35. The molecule has 0 atom stereocenters. The lowest BCUT2D eigenvalue weighted by Crippen LogP contribution is -2.26. The molecule has 0 saturated heterocycles. The molecule has 1 aliphatic carbocycles. The van der Waals surface area contributed by atoms with Crippen molar-refractivity contribution in [1.82, 2.24) is 15.3 Å². The van der Waals surface area contributed by atoms with Crippen molar-refractivity contribution < 1.29 is 9.53 Å². The number of para-hydroxylation sites is 1. The van der Waals surface area contributed by atoms with Crippen LogP contribution >= 0.6 is 0 Å². The van der Waals surface area contributed by atoms with E-state index >= 15 is 0 Å². The first kappa shape index (κ1) is 19.9. The fourth-order valence-corrected chi connectivity index (χ4v) is 3.33. The minimum Gasteiger partial charge on any atom is -0.496 e. The van der Waals surface area contributed by atoms with Crippen LogP contribution in [0, 0.1) is 0 Å². The Kier molecular flexibility index (Phi) is 7.41. The fraction of sp³-hybridized carbons (Fsp3) is 0.409. The van der Waals surface area contributed by atoms with Crippen LogP contribution in [0.25, 0.3) is 0 Å². The standard InChI is InChI=1S/C22H28N4O2/c1-28-20-10-6-5-9-18(20)12-14-24-22(27)19-15-26-21(16-25-19)23-13-11-17-7-3-2-4-8-17/h5-7,9-10,15-16H,2-4,8,11-14H2,1H3,(H,23,26)(H,24,27). The number of carbonyl (C=O) groups excluding carboxylic acids is 1. The van der Waals surface area contributed by atoms with Crippen molar-refractivity contribution in [2.45, 2.75) is 38.5 Å². The zero-order chi connectivity index (χ0) is 19.6. The van der Waals surface area contributed by atoms with E-state index in [-0.39, 0.29) is 5.91 Å². The Morgan fingerprint density at radius 3 is 2.75 bits per heavy atom. The molecular formula is C22H28N4O2. The maximum absolute atomic E-state index is 12.2. The van der Waals surface area contributed by atoms with Crippen molar-refractivity contribution in [3.8, 4) is 5.75 Å².